The lowest BCUT2D eigenvalue weighted by Crippen LogP contribution is -2.41. The molecule has 1 aliphatic rings. The van der Waals surface area contributed by atoms with Crippen molar-refractivity contribution in [2.45, 2.75) is 12.8 Å². The predicted octanol–water partition coefficient (Wildman–Crippen LogP) is -0.164. The fraction of sp³-hybridized carbons (Fsp3) is 0.600. The molecule has 0 spiro atoms. The van der Waals surface area contributed by atoms with Gasteiger partial charge in [0.25, 0.3) is 5.91 Å². The van der Waals surface area contributed by atoms with Gasteiger partial charge in [-0.2, -0.15) is 5.10 Å². The summed E-state index contributed by atoms with van der Waals surface area (Å²) in [5, 5.41) is 15.4. The summed E-state index contributed by atoms with van der Waals surface area (Å²) in [6.45, 7) is 1.45. The van der Waals surface area contributed by atoms with Gasteiger partial charge in [-0.25, -0.2) is 0 Å². The van der Waals surface area contributed by atoms with E-state index in [4.69, 9.17) is 10.8 Å². The van der Waals surface area contributed by atoms with Crippen molar-refractivity contribution in [3.05, 3.63) is 11.8 Å². The summed E-state index contributed by atoms with van der Waals surface area (Å²) in [5.41, 5.74) is 6.02. The lowest BCUT2D eigenvalue weighted by molar-refractivity contribution is 0.0622. The Kier molecular flexibility index (Phi) is 3.09. The van der Waals surface area contributed by atoms with Crippen LogP contribution in [0.3, 0.4) is 0 Å². The second-order valence-electron chi connectivity index (χ2n) is 4.14. The number of amides is 1. The Balaban J connectivity index is 2.07. The van der Waals surface area contributed by atoms with Gasteiger partial charge in [0.2, 0.25) is 0 Å². The Labute approximate surface area is 93.4 Å². The number of nitrogens with one attached hydrogen (secondary N) is 1. The fourth-order valence-corrected chi connectivity index (χ4v) is 2.04. The van der Waals surface area contributed by atoms with E-state index in [2.05, 4.69) is 10.2 Å². The van der Waals surface area contributed by atoms with Crippen molar-refractivity contribution in [1.29, 1.82) is 0 Å². The highest BCUT2D eigenvalue weighted by molar-refractivity contribution is 5.98. The Bertz CT molecular complexity index is 377. The smallest absolute Gasteiger partial charge is 0.259 e. The maximum absolute atomic E-state index is 12.0. The number of aliphatic hydroxyl groups is 1. The molecule has 0 bridgehead atoms. The van der Waals surface area contributed by atoms with Crippen LogP contribution in [0.1, 0.15) is 23.2 Å². The van der Waals surface area contributed by atoms with Gasteiger partial charge in [-0.3, -0.25) is 9.89 Å². The second kappa shape index (κ2) is 4.52. The number of aliphatic hydroxyl groups excluding tert-OH is 1. The molecule has 88 valence electrons. The summed E-state index contributed by atoms with van der Waals surface area (Å²) < 4.78 is 0. The van der Waals surface area contributed by atoms with Crippen LogP contribution in [0.25, 0.3) is 0 Å². The third kappa shape index (κ3) is 2.01. The number of hydrogen-bond donors (Lipinski definition) is 3. The number of nitrogens with two attached hydrogens (primary N) is 1. The minimum absolute atomic E-state index is 0.107. The monoisotopic (exact) mass is 224 g/mol. The first-order valence-electron chi connectivity index (χ1n) is 5.41. The van der Waals surface area contributed by atoms with E-state index >= 15 is 0 Å². The summed E-state index contributed by atoms with van der Waals surface area (Å²) in [4.78, 5) is 13.8. The van der Waals surface area contributed by atoms with Gasteiger partial charge in [0, 0.05) is 19.7 Å². The molecule has 6 heteroatoms. The van der Waals surface area contributed by atoms with Crippen molar-refractivity contribution in [1.82, 2.24) is 15.1 Å². The lowest BCUT2D eigenvalue weighted by atomic mass is 9.98. The van der Waals surface area contributed by atoms with Crippen LogP contribution in [-0.2, 0) is 0 Å². The largest absolute Gasteiger partial charge is 0.396 e. The van der Waals surface area contributed by atoms with E-state index in [0.29, 0.717) is 17.9 Å². The van der Waals surface area contributed by atoms with Gasteiger partial charge in [-0.1, -0.05) is 0 Å². The van der Waals surface area contributed by atoms with Gasteiger partial charge in [0.05, 0.1) is 6.20 Å². The van der Waals surface area contributed by atoms with Crippen LogP contribution in [0.15, 0.2) is 6.20 Å². The van der Waals surface area contributed by atoms with Crippen LogP contribution in [-0.4, -0.2) is 45.8 Å². The van der Waals surface area contributed by atoms with Crippen molar-refractivity contribution in [3.63, 3.8) is 0 Å². The summed E-state index contributed by atoms with van der Waals surface area (Å²) in [6.07, 6.45) is 3.34. The van der Waals surface area contributed by atoms with Crippen molar-refractivity contribution >= 4 is 11.7 Å². The number of nitrogens with zero attached hydrogens (tertiary/aromatic N) is 2. The summed E-state index contributed by atoms with van der Waals surface area (Å²) in [7, 11) is 0. The summed E-state index contributed by atoms with van der Waals surface area (Å²) >= 11 is 0. The molecular weight excluding hydrogens is 208 g/mol. The number of carbonyl (C=O) groups is 1. The molecule has 1 aromatic rings. The summed E-state index contributed by atoms with van der Waals surface area (Å²) in [6, 6.07) is 0. The number of H-pyrrole nitrogens is 1. The van der Waals surface area contributed by atoms with Crippen molar-refractivity contribution in [3.8, 4) is 0 Å². The molecule has 0 saturated carbocycles. The average Bonchev–Trinajstić information content (AvgIpc) is 2.74. The molecule has 4 N–H and O–H groups in total. The van der Waals surface area contributed by atoms with Gasteiger partial charge in [-0.15, -0.1) is 0 Å². The van der Waals surface area contributed by atoms with Crippen LogP contribution in [0.2, 0.25) is 0 Å². The lowest BCUT2D eigenvalue weighted by Gasteiger charge is -2.31. The Morgan fingerprint density at radius 3 is 3.19 bits per heavy atom. The average molecular weight is 224 g/mol. The molecular formula is C10H16N4O2. The molecule has 0 aliphatic carbocycles. The van der Waals surface area contributed by atoms with Crippen LogP contribution in [0, 0.1) is 5.92 Å². The van der Waals surface area contributed by atoms with E-state index < -0.39 is 0 Å². The molecule has 1 atom stereocenters. The zero-order valence-electron chi connectivity index (χ0n) is 9.02. The van der Waals surface area contributed by atoms with Gasteiger partial charge in [0.15, 0.2) is 0 Å². The Hall–Kier alpha value is -1.56. The Morgan fingerprint density at radius 2 is 2.56 bits per heavy atom. The SMILES string of the molecule is Nc1[nH]ncc1C(=O)N1CCCC(CO)C1. The summed E-state index contributed by atoms with van der Waals surface area (Å²) in [5.74, 6) is 0.381. The number of rotatable bonds is 2. The number of aromatic nitrogens is 2. The topological polar surface area (TPSA) is 95.2 Å². The van der Waals surface area contributed by atoms with Crippen LogP contribution in [0.5, 0.6) is 0 Å². The number of piperidine rings is 1. The van der Waals surface area contributed by atoms with Gasteiger partial charge >= 0.3 is 0 Å². The molecule has 6 nitrogen and oxygen atoms in total. The zero-order valence-corrected chi connectivity index (χ0v) is 9.02. The number of aromatic amines is 1. The first-order valence-corrected chi connectivity index (χ1v) is 5.41. The number of likely N-dealkylation sites (tertiary alicyclic amines) is 1. The molecule has 2 rings (SSSR count). The molecule has 2 heterocycles. The minimum atomic E-state index is -0.107. The van der Waals surface area contributed by atoms with E-state index in [1.165, 1.54) is 6.20 Å². The van der Waals surface area contributed by atoms with E-state index in [9.17, 15) is 4.79 Å². The van der Waals surface area contributed by atoms with Gasteiger partial charge in [-0.05, 0) is 18.8 Å². The van der Waals surface area contributed by atoms with E-state index in [-0.39, 0.29) is 18.4 Å². The standard InChI is InChI=1S/C10H16N4O2/c11-9-8(4-12-13-9)10(16)14-3-1-2-7(5-14)6-15/h4,7,15H,1-3,5-6H2,(H3,11,12,13). The van der Waals surface area contributed by atoms with Crippen LogP contribution in [0.4, 0.5) is 5.82 Å². The molecule has 0 aromatic carbocycles. The Morgan fingerprint density at radius 1 is 1.75 bits per heavy atom. The third-order valence-electron chi connectivity index (χ3n) is 2.96. The van der Waals surface area contributed by atoms with Crippen LogP contribution < -0.4 is 5.73 Å². The highest BCUT2D eigenvalue weighted by Crippen LogP contribution is 2.19. The van der Waals surface area contributed by atoms with Crippen molar-refractivity contribution in [2.24, 2.45) is 5.92 Å². The number of nitrogen functional groups attached to an aromatic ring is 1. The predicted molar refractivity (Wildman–Crippen MR) is 58.7 cm³/mol. The maximum Gasteiger partial charge on any atom is 0.259 e. The second-order valence-corrected chi connectivity index (χ2v) is 4.14. The molecule has 1 aliphatic heterocycles. The van der Waals surface area contributed by atoms with Gasteiger partial charge in [0.1, 0.15) is 11.4 Å². The van der Waals surface area contributed by atoms with Gasteiger partial charge < -0.3 is 15.7 Å². The quantitative estimate of drug-likeness (QED) is 0.650. The minimum Gasteiger partial charge on any atom is -0.396 e. The van der Waals surface area contributed by atoms with Crippen molar-refractivity contribution in [2.75, 3.05) is 25.4 Å². The highest BCUT2D eigenvalue weighted by Gasteiger charge is 2.25. The number of anilines is 1. The highest BCUT2D eigenvalue weighted by atomic mass is 16.3. The molecule has 1 fully saturated rings. The van der Waals surface area contributed by atoms with E-state index in [0.717, 1.165) is 19.4 Å². The number of carbonyl (C=O) groups excluding carboxylic acids is 1. The first-order chi connectivity index (χ1) is 7.72. The molecule has 1 saturated heterocycles. The van der Waals surface area contributed by atoms with Crippen LogP contribution >= 0.6 is 0 Å². The fourth-order valence-electron chi connectivity index (χ4n) is 2.04. The normalized spacial score (nSPS) is 21.1. The maximum atomic E-state index is 12.0. The zero-order chi connectivity index (χ0) is 11.5. The first kappa shape index (κ1) is 10.9. The molecule has 1 unspecified atom stereocenters. The van der Waals surface area contributed by atoms with E-state index in [1.807, 2.05) is 0 Å². The third-order valence-corrected chi connectivity index (χ3v) is 2.96. The molecule has 1 aromatic heterocycles. The molecule has 16 heavy (non-hydrogen) atoms. The van der Waals surface area contributed by atoms with E-state index in [1.54, 1.807) is 4.90 Å². The molecule has 1 amide bonds. The number of hydrogen-bond acceptors (Lipinski definition) is 4. The molecule has 0 radical (unpaired) electrons. The van der Waals surface area contributed by atoms with Crippen molar-refractivity contribution < 1.29 is 9.90 Å².